The first-order chi connectivity index (χ1) is 25.2. The van der Waals surface area contributed by atoms with Gasteiger partial charge in [-0.05, 0) is 120 Å². The van der Waals surface area contributed by atoms with Gasteiger partial charge in [0.1, 0.15) is 0 Å². The Morgan fingerprint density at radius 1 is 0.275 bits per heavy atom. The van der Waals surface area contributed by atoms with Gasteiger partial charge in [0.25, 0.3) is 0 Å². The Hall–Kier alpha value is -5.32. The third-order valence-corrected chi connectivity index (χ3v) is 14.1. The molecule has 0 N–H and O–H groups in total. The van der Waals surface area contributed by atoms with Crippen LogP contribution in [0.25, 0.3) is 85.9 Å². The molecule has 10 aromatic rings. The summed E-state index contributed by atoms with van der Waals surface area (Å²) < 4.78 is 2.67. The van der Waals surface area contributed by atoms with Crippen LogP contribution in [0.3, 0.4) is 0 Å². The van der Waals surface area contributed by atoms with E-state index >= 15 is 0 Å². The Bertz CT molecular complexity index is 3000. The van der Waals surface area contributed by atoms with Gasteiger partial charge in [-0.1, -0.05) is 139 Å². The Kier molecular flexibility index (Phi) is 6.70. The number of benzene rings is 9. The summed E-state index contributed by atoms with van der Waals surface area (Å²) in [6.07, 6.45) is 0. The van der Waals surface area contributed by atoms with Gasteiger partial charge < -0.3 is 0 Å². The van der Waals surface area contributed by atoms with Crippen molar-refractivity contribution in [3.8, 4) is 33.4 Å². The molecule has 0 atom stereocenters. The van der Waals surface area contributed by atoms with Crippen molar-refractivity contribution in [1.82, 2.24) is 0 Å². The van der Waals surface area contributed by atoms with Gasteiger partial charge in [0.2, 0.25) is 0 Å². The molecule has 1 aromatic heterocycles. The molecular formula is C48H28S3. The highest BCUT2D eigenvalue weighted by Crippen LogP contribution is 2.50. The van der Waals surface area contributed by atoms with E-state index in [1.165, 1.54) is 105 Å². The fourth-order valence-electron chi connectivity index (χ4n) is 7.89. The van der Waals surface area contributed by atoms with Gasteiger partial charge in [-0.25, -0.2) is 0 Å². The minimum Gasteiger partial charge on any atom is -0.135 e. The Morgan fingerprint density at radius 3 is 1.51 bits per heavy atom. The van der Waals surface area contributed by atoms with Crippen LogP contribution in [0.2, 0.25) is 0 Å². The van der Waals surface area contributed by atoms with E-state index in [1.54, 1.807) is 0 Å². The molecular weight excluding hydrogens is 673 g/mol. The van der Waals surface area contributed by atoms with Crippen LogP contribution >= 0.6 is 34.9 Å². The summed E-state index contributed by atoms with van der Waals surface area (Å²) >= 11 is 5.65. The zero-order valence-corrected chi connectivity index (χ0v) is 29.8. The number of thiophene rings is 1. The van der Waals surface area contributed by atoms with E-state index in [0.29, 0.717) is 0 Å². The van der Waals surface area contributed by atoms with Crippen LogP contribution in [0.15, 0.2) is 189 Å². The molecule has 0 aliphatic carbocycles. The van der Waals surface area contributed by atoms with Crippen LogP contribution < -0.4 is 0 Å². The molecule has 0 saturated carbocycles. The molecule has 0 spiro atoms. The minimum atomic E-state index is 1.23. The van der Waals surface area contributed by atoms with Crippen molar-refractivity contribution < 1.29 is 0 Å². The summed E-state index contributed by atoms with van der Waals surface area (Å²) in [6, 6.07) is 63.3. The molecule has 9 aromatic carbocycles. The van der Waals surface area contributed by atoms with Crippen molar-refractivity contribution in [2.45, 2.75) is 19.6 Å². The van der Waals surface area contributed by atoms with Crippen LogP contribution in [0.5, 0.6) is 0 Å². The molecule has 1 aliphatic rings. The van der Waals surface area contributed by atoms with Gasteiger partial charge in [0, 0.05) is 39.8 Å². The molecule has 51 heavy (non-hydrogen) atoms. The third kappa shape index (κ3) is 4.77. The summed E-state index contributed by atoms with van der Waals surface area (Å²) in [5.74, 6) is 0. The minimum absolute atomic E-state index is 1.23. The van der Waals surface area contributed by atoms with Gasteiger partial charge in [0.15, 0.2) is 0 Å². The molecule has 0 unspecified atom stereocenters. The summed E-state index contributed by atoms with van der Waals surface area (Å²) in [7, 11) is 0. The summed E-state index contributed by atoms with van der Waals surface area (Å²) in [5, 5.41) is 10.4. The van der Waals surface area contributed by atoms with Crippen LogP contribution in [0.1, 0.15) is 0 Å². The molecule has 11 rings (SSSR count). The normalized spacial score (nSPS) is 12.5. The average Bonchev–Trinajstić information content (AvgIpc) is 3.59. The number of fused-ring (bicyclic) bond motifs is 11. The van der Waals surface area contributed by atoms with E-state index in [1.807, 2.05) is 34.9 Å². The highest BCUT2D eigenvalue weighted by Gasteiger charge is 2.19. The summed E-state index contributed by atoms with van der Waals surface area (Å²) in [4.78, 5) is 5.30. The van der Waals surface area contributed by atoms with Crippen molar-refractivity contribution >= 4 is 87.4 Å². The maximum absolute atomic E-state index is 2.42. The Labute approximate surface area is 308 Å². The zero-order valence-electron chi connectivity index (χ0n) is 27.4. The van der Waals surface area contributed by atoms with E-state index in [-0.39, 0.29) is 0 Å². The first kappa shape index (κ1) is 29.4. The monoisotopic (exact) mass is 700 g/mol. The molecule has 0 amide bonds. The van der Waals surface area contributed by atoms with Crippen molar-refractivity contribution in [2.75, 3.05) is 0 Å². The second-order valence-electron chi connectivity index (χ2n) is 13.2. The molecule has 238 valence electrons. The van der Waals surface area contributed by atoms with Crippen molar-refractivity contribution in [3.05, 3.63) is 170 Å². The van der Waals surface area contributed by atoms with Gasteiger partial charge in [0.05, 0.1) is 0 Å². The molecule has 0 fully saturated rings. The van der Waals surface area contributed by atoms with E-state index in [4.69, 9.17) is 0 Å². The lowest BCUT2D eigenvalue weighted by Crippen LogP contribution is -1.91. The molecule has 2 heterocycles. The smallest absolute Gasteiger partial charge is 0.0433 e. The topological polar surface area (TPSA) is 0 Å². The van der Waals surface area contributed by atoms with E-state index in [9.17, 15) is 0 Å². The summed E-state index contributed by atoms with van der Waals surface area (Å²) in [5.41, 5.74) is 7.46. The molecule has 0 saturated heterocycles. The van der Waals surface area contributed by atoms with E-state index < -0.39 is 0 Å². The second kappa shape index (κ2) is 11.6. The van der Waals surface area contributed by atoms with Crippen molar-refractivity contribution in [3.63, 3.8) is 0 Å². The molecule has 0 nitrogen and oxygen atoms in total. The fraction of sp³-hybridized carbons (Fsp3) is 0. The lowest BCUT2D eigenvalue weighted by Gasteiger charge is -2.19. The number of hydrogen-bond donors (Lipinski definition) is 0. The van der Waals surface area contributed by atoms with Crippen molar-refractivity contribution in [2.24, 2.45) is 0 Å². The van der Waals surface area contributed by atoms with Gasteiger partial charge >= 0.3 is 0 Å². The van der Waals surface area contributed by atoms with Gasteiger partial charge in [-0.3, -0.25) is 0 Å². The predicted molar refractivity (Wildman–Crippen MR) is 223 cm³/mol. The first-order valence-electron chi connectivity index (χ1n) is 17.2. The fourth-order valence-corrected chi connectivity index (χ4v) is 11.4. The van der Waals surface area contributed by atoms with Crippen molar-refractivity contribution in [1.29, 1.82) is 0 Å². The first-order valence-corrected chi connectivity index (χ1v) is 19.7. The van der Waals surface area contributed by atoms with Crippen LogP contribution in [-0.4, -0.2) is 0 Å². The number of hydrogen-bond acceptors (Lipinski definition) is 3. The van der Waals surface area contributed by atoms with E-state index in [2.05, 4.69) is 170 Å². The van der Waals surface area contributed by atoms with Gasteiger partial charge in [-0.15, -0.1) is 11.3 Å². The summed E-state index contributed by atoms with van der Waals surface area (Å²) in [6.45, 7) is 0. The zero-order chi connectivity index (χ0) is 33.5. The largest absolute Gasteiger partial charge is 0.135 e. The highest BCUT2D eigenvalue weighted by molar-refractivity contribution is 8.05. The second-order valence-corrected chi connectivity index (χ2v) is 16.5. The molecule has 0 radical (unpaired) electrons. The molecule has 0 bridgehead atoms. The van der Waals surface area contributed by atoms with Crippen LogP contribution in [-0.2, 0) is 0 Å². The third-order valence-electron chi connectivity index (χ3n) is 10.3. The van der Waals surface area contributed by atoms with Gasteiger partial charge in [-0.2, -0.15) is 0 Å². The van der Waals surface area contributed by atoms with Crippen LogP contribution in [0, 0.1) is 0 Å². The highest BCUT2D eigenvalue weighted by atomic mass is 32.2. The quantitative estimate of drug-likeness (QED) is 0.168. The Balaban J connectivity index is 1.14. The SMILES string of the molecule is c1ccc2c(c1)Sc1ccc(-c3cc(-c4ccc5c6ccccc6c6ccccc6c5c4)cc(-c4cccc5c4sc4ccccc45)c3)cc1S2. The van der Waals surface area contributed by atoms with Crippen LogP contribution in [0.4, 0.5) is 0 Å². The average molecular weight is 701 g/mol. The molecule has 3 heteroatoms. The molecule has 1 aliphatic heterocycles. The Morgan fingerprint density at radius 2 is 0.784 bits per heavy atom. The van der Waals surface area contributed by atoms with E-state index in [0.717, 1.165) is 0 Å². The number of rotatable bonds is 3. The lowest BCUT2D eigenvalue weighted by molar-refractivity contribution is 1.16. The predicted octanol–water partition coefficient (Wildman–Crippen LogP) is 15.1. The standard InChI is InChI=1S/C48H28S3/c1-2-12-37-35(10-1)36-11-3-4-13-38(36)42-27-29(20-22-39(37)42)31-24-32(30-21-23-46-47(28-30)50-45-19-8-7-18-44(45)49-46)26-33(25-31)34-15-9-16-41-40-14-5-6-17-43(40)51-48(34)41/h1-28H. The maximum Gasteiger partial charge on any atom is 0.0433 e. The maximum atomic E-state index is 2.42. The lowest BCUT2D eigenvalue weighted by atomic mass is 9.90.